The van der Waals surface area contributed by atoms with Crippen LogP contribution in [0.3, 0.4) is 0 Å². The van der Waals surface area contributed by atoms with Crippen LogP contribution in [0, 0.1) is 5.41 Å². The minimum Gasteiger partial charge on any atom is -0.439 e. The molecule has 20 heavy (non-hydrogen) atoms. The van der Waals surface area contributed by atoms with E-state index in [4.69, 9.17) is 15.9 Å². The van der Waals surface area contributed by atoms with E-state index in [2.05, 4.69) is 31.0 Å². The Morgan fingerprint density at radius 3 is 2.55 bits per heavy atom. The quantitative estimate of drug-likeness (QED) is 0.642. The fourth-order valence-electron chi connectivity index (χ4n) is 1.84. The zero-order valence-electron chi connectivity index (χ0n) is 11.8. The van der Waals surface area contributed by atoms with E-state index in [0.717, 1.165) is 12.2 Å². The lowest BCUT2D eigenvalue weighted by Crippen LogP contribution is -2.13. The number of ether oxygens (including phenoxy) is 1. The molecule has 2 aromatic rings. The predicted octanol–water partition coefficient (Wildman–Crippen LogP) is 3.67. The van der Waals surface area contributed by atoms with Gasteiger partial charge < -0.3 is 10.5 Å². The summed E-state index contributed by atoms with van der Waals surface area (Å²) in [6.45, 7) is 4.38. The van der Waals surface area contributed by atoms with Crippen LogP contribution in [-0.4, -0.2) is 10.8 Å². The Labute approximate surface area is 119 Å². The van der Waals surface area contributed by atoms with Crippen LogP contribution in [0.4, 0.5) is 0 Å². The lowest BCUT2D eigenvalue weighted by molar-refractivity contribution is 0.462. The zero-order valence-corrected chi connectivity index (χ0v) is 11.8. The van der Waals surface area contributed by atoms with Crippen LogP contribution in [0.15, 0.2) is 42.5 Å². The second kappa shape index (κ2) is 6.19. The Balaban J connectivity index is 2.14. The van der Waals surface area contributed by atoms with Crippen molar-refractivity contribution in [3.8, 4) is 11.6 Å². The Kier molecular flexibility index (Phi) is 4.35. The summed E-state index contributed by atoms with van der Waals surface area (Å²) in [7, 11) is 0. The van der Waals surface area contributed by atoms with Crippen molar-refractivity contribution < 1.29 is 4.74 Å². The van der Waals surface area contributed by atoms with Crippen LogP contribution in [0.25, 0.3) is 0 Å². The molecule has 0 spiro atoms. The number of nitrogens with two attached hydrogens (primary N) is 1. The molecule has 0 aliphatic rings. The molecule has 0 saturated heterocycles. The van der Waals surface area contributed by atoms with Gasteiger partial charge in [0.25, 0.3) is 0 Å². The van der Waals surface area contributed by atoms with E-state index < -0.39 is 0 Å². The van der Waals surface area contributed by atoms with Crippen molar-refractivity contribution in [2.24, 2.45) is 5.73 Å². The van der Waals surface area contributed by atoms with Crippen molar-refractivity contribution in [2.45, 2.75) is 26.2 Å². The Morgan fingerprint density at radius 1 is 1.25 bits per heavy atom. The van der Waals surface area contributed by atoms with Crippen molar-refractivity contribution in [1.29, 1.82) is 5.41 Å². The molecule has 3 N–H and O–H groups in total. The van der Waals surface area contributed by atoms with Crippen molar-refractivity contribution >= 4 is 5.84 Å². The van der Waals surface area contributed by atoms with Crippen LogP contribution < -0.4 is 10.5 Å². The minimum absolute atomic E-state index is 0.0671. The highest BCUT2D eigenvalue weighted by atomic mass is 16.5. The zero-order chi connectivity index (χ0) is 14.5. The van der Waals surface area contributed by atoms with Crippen molar-refractivity contribution in [3.63, 3.8) is 0 Å². The third-order valence-corrected chi connectivity index (χ3v) is 3.28. The van der Waals surface area contributed by atoms with Crippen LogP contribution in [0.5, 0.6) is 11.6 Å². The maximum absolute atomic E-state index is 7.37. The van der Waals surface area contributed by atoms with Crippen molar-refractivity contribution in [2.75, 3.05) is 0 Å². The van der Waals surface area contributed by atoms with Crippen molar-refractivity contribution in [1.82, 2.24) is 4.98 Å². The topological polar surface area (TPSA) is 72.0 Å². The molecule has 0 bridgehead atoms. The first kappa shape index (κ1) is 14.1. The number of benzene rings is 1. The number of amidine groups is 1. The van der Waals surface area contributed by atoms with Gasteiger partial charge in [-0.05, 0) is 36.1 Å². The van der Waals surface area contributed by atoms with Gasteiger partial charge in [0.1, 0.15) is 17.3 Å². The summed E-state index contributed by atoms with van der Waals surface area (Å²) in [6, 6.07) is 13.2. The number of nitrogens with zero attached hydrogens (tertiary/aromatic N) is 1. The van der Waals surface area contributed by atoms with Gasteiger partial charge in [-0.15, -0.1) is 0 Å². The summed E-state index contributed by atoms with van der Waals surface area (Å²) in [4.78, 5) is 4.17. The van der Waals surface area contributed by atoms with Gasteiger partial charge in [0, 0.05) is 6.07 Å². The monoisotopic (exact) mass is 269 g/mol. The summed E-state index contributed by atoms with van der Waals surface area (Å²) >= 11 is 0. The summed E-state index contributed by atoms with van der Waals surface area (Å²) in [5.41, 5.74) is 7.12. The molecule has 0 aliphatic heterocycles. The number of aromatic nitrogens is 1. The molecule has 4 heteroatoms. The lowest BCUT2D eigenvalue weighted by atomic mass is 9.99. The summed E-state index contributed by atoms with van der Waals surface area (Å²) < 4.78 is 5.67. The normalized spacial score (nSPS) is 11.9. The Morgan fingerprint density at radius 2 is 1.95 bits per heavy atom. The predicted molar refractivity (Wildman–Crippen MR) is 80.5 cm³/mol. The maximum Gasteiger partial charge on any atom is 0.219 e. The number of nitrogens with one attached hydrogen (secondary N) is 1. The molecule has 4 nitrogen and oxygen atoms in total. The highest BCUT2D eigenvalue weighted by Gasteiger charge is 2.05. The van der Waals surface area contributed by atoms with E-state index in [9.17, 15) is 0 Å². The lowest BCUT2D eigenvalue weighted by Gasteiger charge is -2.10. The van der Waals surface area contributed by atoms with Crippen LogP contribution in [-0.2, 0) is 0 Å². The number of hydrogen-bond acceptors (Lipinski definition) is 3. The Bertz CT molecular complexity index is 593. The first-order chi connectivity index (χ1) is 9.60. The van der Waals surface area contributed by atoms with E-state index in [1.807, 2.05) is 12.1 Å². The van der Waals surface area contributed by atoms with E-state index in [0.29, 0.717) is 17.5 Å². The standard InChI is InChI=1S/C16H19N3O/c1-3-11(2)12-7-9-13(10-8-12)20-15-6-4-5-14(19-15)16(17)18/h4-11H,3H2,1-2H3,(H3,17,18). The highest BCUT2D eigenvalue weighted by molar-refractivity contribution is 5.93. The summed E-state index contributed by atoms with van der Waals surface area (Å²) in [6.07, 6.45) is 1.11. The third-order valence-electron chi connectivity index (χ3n) is 3.28. The molecule has 0 amide bonds. The number of pyridine rings is 1. The van der Waals surface area contributed by atoms with Crippen LogP contribution in [0.2, 0.25) is 0 Å². The SMILES string of the molecule is CCC(C)c1ccc(Oc2cccc(C(=N)N)n2)cc1. The highest BCUT2D eigenvalue weighted by Crippen LogP contribution is 2.24. The van der Waals surface area contributed by atoms with Crippen LogP contribution in [0.1, 0.15) is 37.4 Å². The molecule has 0 fully saturated rings. The summed E-state index contributed by atoms with van der Waals surface area (Å²) in [5.74, 6) is 1.64. The average molecular weight is 269 g/mol. The van der Waals surface area contributed by atoms with Gasteiger partial charge in [-0.25, -0.2) is 4.98 Å². The smallest absolute Gasteiger partial charge is 0.219 e. The molecule has 1 aromatic carbocycles. The van der Waals surface area contributed by atoms with Gasteiger partial charge in [-0.3, -0.25) is 5.41 Å². The average Bonchev–Trinajstić information content (AvgIpc) is 2.47. The number of hydrogen-bond donors (Lipinski definition) is 2. The fraction of sp³-hybridized carbons (Fsp3) is 0.250. The number of nitrogen functional groups attached to an aromatic ring is 1. The van der Waals surface area contributed by atoms with E-state index in [-0.39, 0.29) is 5.84 Å². The van der Waals surface area contributed by atoms with Gasteiger partial charge >= 0.3 is 0 Å². The van der Waals surface area contributed by atoms with Gasteiger partial charge in [0.15, 0.2) is 0 Å². The molecule has 104 valence electrons. The van der Waals surface area contributed by atoms with E-state index in [1.165, 1.54) is 5.56 Å². The molecule has 2 rings (SSSR count). The second-order valence-electron chi connectivity index (χ2n) is 4.76. The molecule has 0 saturated carbocycles. The largest absolute Gasteiger partial charge is 0.439 e. The molecular formula is C16H19N3O. The maximum atomic E-state index is 7.37. The Hall–Kier alpha value is -2.36. The second-order valence-corrected chi connectivity index (χ2v) is 4.76. The molecule has 0 aliphatic carbocycles. The van der Waals surface area contributed by atoms with Gasteiger partial charge in [0.2, 0.25) is 5.88 Å². The first-order valence-corrected chi connectivity index (χ1v) is 6.69. The molecule has 0 radical (unpaired) electrons. The van der Waals surface area contributed by atoms with Gasteiger partial charge in [-0.2, -0.15) is 0 Å². The molecule has 1 unspecified atom stereocenters. The van der Waals surface area contributed by atoms with Gasteiger partial charge in [-0.1, -0.05) is 32.0 Å². The van der Waals surface area contributed by atoms with Gasteiger partial charge in [0.05, 0.1) is 0 Å². The van der Waals surface area contributed by atoms with Crippen LogP contribution >= 0.6 is 0 Å². The summed E-state index contributed by atoms with van der Waals surface area (Å²) in [5, 5.41) is 7.37. The fourth-order valence-corrected chi connectivity index (χ4v) is 1.84. The molecule has 1 aromatic heterocycles. The molecule has 1 atom stereocenters. The number of rotatable bonds is 5. The molecule has 1 heterocycles. The molecular weight excluding hydrogens is 250 g/mol. The minimum atomic E-state index is -0.0671. The van der Waals surface area contributed by atoms with E-state index in [1.54, 1.807) is 18.2 Å². The third kappa shape index (κ3) is 3.35. The van der Waals surface area contributed by atoms with Crippen molar-refractivity contribution in [3.05, 3.63) is 53.7 Å². The van der Waals surface area contributed by atoms with E-state index >= 15 is 0 Å². The first-order valence-electron chi connectivity index (χ1n) is 6.69.